The highest BCUT2D eigenvalue weighted by Gasteiger charge is 2.61. The highest BCUT2D eigenvalue weighted by Crippen LogP contribution is 2.58. The number of ketones is 1. The van der Waals surface area contributed by atoms with Crippen molar-refractivity contribution in [2.24, 2.45) is 23.2 Å². The second kappa shape index (κ2) is 13.5. The molecule has 10 heteroatoms. The van der Waals surface area contributed by atoms with Crippen molar-refractivity contribution in [1.29, 1.82) is 0 Å². The number of allylic oxidation sites excluding steroid dienone is 2. The number of aryl methyl sites for hydroxylation is 1. The molecule has 1 aliphatic heterocycles. The van der Waals surface area contributed by atoms with Crippen LogP contribution in [0.4, 0.5) is 0 Å². The van der Waals surface area contributed by atoms with Crippen LogP contribution in [0.3, 0.4) is 0 Å². The number of carbonyl (C=O) groups is 3. The number of carbonyl (C=O) groups excluding carboxylic acids is 3. The molecule has 0 unspecified atom stereocenters. The summed E-state index contributed by atoms with van der Waals surface area (Å²) in [6.07, 6.45) is 11.0. The zero-order valence-corrected chi connectivity index (χ0v) is 27.9. The Morgan fingerprint density at radius 1 is 1.13 bits per heavy atom. The van der Waals surface area contributed by atoms with Gasteiger partial charge in [-0.1, -0.05) is 18.6 Å². The van der Waals surface area contributed by atoms with E-state index >= 15 is 0 Å². The predicted molar refractivity (Wildman–Crippen MR) is 177 cm³/mol. The zero-order chi connectivity index (χ0) is 32.4. The maximum absolute atomic E-state index is 14.2. The Morgan fingerprint density at radius 2 is 1.96 bits per heavy atom. The first-order valence-electron chi connectivity index (χ1n) is 16.4. The number of benzene rings is 1. The topological polar surface area (TPSA) is 108 Å². The fourth-order valence-electron chi connectivity index (χ4n) is 7.31. The number of aromatic nitrogens is 2. The number of Topliss-reactive ketones (excluding diaryl/α,β-unsaturated/α-hetero) is 1. The SMILES string of the molecule is CCOC(=O)[C@]12CC(=O)[C@@H]3C[C@@H](Oc4cc(-c5nccs5)nc5c(C)c(OC)ccc45)C[C@H]3C(=O)N(C)CCCCC/C=C\[C@@H]1C2. The Hall–Kier alpha value is -3.79. The molecule has 2 aromatic heterocycles. The van der Waals surface area contributed by atoms with Gasteiger partial charge in [0.25, 0.3) is 0 Å². The lowest BCUT2D eigenvalue weighted by atomic mass is 9.84. The standard InChI is InChI=1S/C36H43N3O6S/c1-5-44-35(42)36-20-23(36)11-9-7-6-8-10-15-39(3)34(41)27-18-24(17-26(27)29(40)21-36)45-31-19-28(33-37-14-16-46-33)38-32-22(2)30(43-4)13-12-25(31)32/h9,11-14,16,19,23-24,26-27H,5-8,10,15,17-18,20-21H2,1-4H3/b11-9-/t23-,24-,26-,27-,36-/m1/s1. The summed E-state index contributed by atoms with van der Waals surface area (Å²) in [6, 6.07) is 5.75. The molecular formula is C36H43N3O6S. The molecule has 244 valence electrons. The van der Waals surface area contributed by atoms with E-state index in [1.165, 1.54) is 11.3 Å². The largest absolute Gasteiger partial charge is 0.496 e. The van der Waals surface area contributed by atoms with Crippen LogP contribution in [-0.2, 0) is 19.1 Å². The number of amides is 1. The van der Waals surface area contributed by atoms with Gasteiger partial charge in [-0.25, -0.2) is 9.97 Å². The zero-order valence-electron chi connectivity index (χ0n) is 27.1. The number of thiazole rings is 1. The first-order chi connectivity index (χ1) is 22.3. The summed E-state index contributed by atoms with van der Waals surface area (Å²) in [5.74, 6) is -0.112. The Morgan fingerprint density at radius 3 is 2.72 bits per heavy atom. The van der Waals surface area contributed by atoms with Crippen molar-refractivity contribution in [2.75, 3.05) is 27.3 Å². The monoisotopic (exact) mass is 645 g/mol. The molecule has 5 atom stereocenters. The van der Waals surface area contributed by atoms with Crippen molar-refractivity contribution in [1.82, 2.24) is 14.9 Å². The second-order valence-corrected chi connectivity index (χ2v) is 13.8. The van der Waals surface area contributed by atoms with Crippen LogP contribution in [-0.4, -0.2) is 65.9 Å². The molecular weight excluding hydrogens is 602 g/mol. The number of ether oxygens (including phenoxy) is 3. The molecule has 0 bridgehead atoms. The molecule has 0 saturated heterocycles. The minimum atomic E-state index is -0.845. The van der Waals surface area contributed by atoms with Gasteiger partial charge >= 0.3 is 5.97 Å². The van der Waals surface area contributed by atoms with Crippen LogP contribution in [0, 0.1) is 30.1 Å². The maximum atomic E-state index is 14.2. The van der Waals surface area contributed by atoms with Gasteiger partial charge in [0.2, 0.25) is 5.91 Å². The molecule has 1 amide bonds. The molecule has 1 aromatic carbocycles. The van der Waals surface area contributed by atoms with Crippen molar-refractivity contribution < 1.29 is 28.6 Å². The van der Waals surface area contributed by atoms with Gasteiger partial charge in [0.1, 0.15) is 34.1 Å². The van der Waals surface area contributed by atoms with E-state index in [9.17, 15) is 14.4 Å². The highest BCUT2D eigenvalue weighted by atomic mass is 32.1. The quantitative estimate of drug-likeness (QED) is 0.219. The van der Waals surface area contributed by atoms with E-state index in [0.29, 0.717) is 37.3 Å². The third kappa shape index (κ3) is 6.28. The lowest BCUT2D eigenvalue weighted by Gasteiger charge is -2.25. The molecule has 0 N–H and O–H groups in total. The van der Waals surface area contributed by atoms with Crippen LogP contribution in [0.2, 0.25) is 0 Å². The van der Waals surface area contributed by atoms with E-state index in [1.807, 2.05) is 37.6 Å². The predicted octanol–water partition coefficient (Wildman–Crippen LogP) is 6.57. The van der Waals surface area contributed by atoms with Crippen molar-refractivity contribution >= 4 is 39.9 Å². The van der Waals surface area contributed by atoms with Crippen LogP contribution >= 0.6 is 11.3 Å². The summed E-state index contributed by atoms with van der Waals surface area (Å²) in [5.41, 5.74) is 1.49. The van der Waals surface area contributed by atoms with Gasteiger partial charge in [0.05, 0.1) is 30.6 Å². The molecule has 0 spiro atoms. The van der Waals surface area contributed by atoms with Crippen LogP contribution in [0.15, 0.2) is 41.9 Å². The van der Waals surface area contributed by atoms with Crippen molar-refractivity contribution in [2.45, 2.75) is 71.3 Å². The summed E-state index contributed by atoms with van der Waals surface area (Å²) in [5, 5.41) is 3.51. The number of nitrogens with zero attached hydrogens (tertiary/aromatic N) is 3. The number of rotatable bonds is 6. The average Bonchev–Trinajstić information content (AvgIpc) is 3.37. The lowest BCUT2D eigenvalue weighted by Crippen LogP contribution is -2.38. The molecule has 6 rings (SSSR count). The summed E-state index contributed by atoms with van der Waals surface area (Å²) >= 11 is 1.50. The molecule has 2 saturated carbocycles. The summed E-state index contributed by atoms with van der Waals surface area (Å²) in [4.78, 5) is 52.5. The van der Waals surface area contributed by atoms with Crippen LogP contribution in [0.25, 0.3) is 21.6 Å². The second-order valence-electron chi connectivity index (χ2n) is 12.9. The van der Waals surface area contributed by atoms with Crippen LogP contribution in [0.5, 0.6) is 11.5 Å². The smallest absolute Gasteiger partial charge is 0.313 e. The van der Waals surface area contributed by atoms with Gasteiger partial charge in [0, 0.05) is 54.5 Å². The van der Waals surface area contributed by atoms with E-state index in [0.717, 1.165) is 52.9 Å². The van der Waals surface area contributed by atoms with Crippen LogP contribution < -0.4 is 9.47 Å². The fourth-order valence-corrected chi connectivity index (χ4v) is 7.91. The average molecular weight is 646 g/mol. The Kier molecular flexibility index (Phi) is 9.45. The molecule has 46 heavy (non-hydrogen) atoms. The van der Waals surface area contributed by atoms with Gasteiger partial charge in [0.15, 0.2) is 0 Å². The van der Waals surface area contributed by atoms with E-state index in [1.54, 1.807) is 25.1 Å². The first-order valence-corrected chi connectivity index (χ1v) is 17.3. The highest BCUT2D eigenvalue weighted by molar-refractivity contribution is 7.13. The molecule has 3 aromatic rings. The molecule has 3 aliphatic rings. The Balaban J connectivity index is 1.33. The van der Waals surface area contributed by atoms with E-state index in [2.05, 4.69) is 17.1 Å². The van der Waals surface area contributed by atoms with Gasteiger partial charge in [-0.2, -0.15) is 0 Å². The first kappa shape index (κ1) is 32.2. The third-order valence-electron chi connectivity index (χ3n) is 9.98. The van der Waals surface area contributed by atoms with Crippen molar-refractivity contribution in [3.63, 3.8) is 0 Å². The summed E-state index contributed by atoms with van der Waals surface area (Å²) < 4.78 is 17.8. The number of hydrogen-bond acceptors (Lipinski definition) is 9. The Labute approximate surface area is 274 Å². The molecule has 2 aliphatic carbocycles. The molecule has 2 fully saturated rings. The normalized spacial score (nSPS) is 27.7. The van der Waals surface area contributed by atoms with Gasteiger partial charge in [-0.15, -0.1) is 11.3 Å². The van der Waals surface area contributed by atoms with Gasteiger partial charge in [-0.3, -0.25) is 14.4 Å². The van der Waals surface area contributed by atoms with Gasteiger partial charge < -0.3 is 19.1 Å². The van der Waals surface area contributed by atoms with Crippen LogP contribution in [0.1, 0.15) is 63.9 Å². The van der Waals surface area contributed by atoms with Crippen molar-refractivity contribution in [3.05, 3.63) is 47.5 Å². The summed E-state index contributed by atoms with van der Waals surface area (Å²) in [7, 11) is 3.47. The number of hydrogen-bond donors (Lipinski definition) is 0. The van der Waals surface area contributed by atoms with Gasteiger partial charge in [-0.05, 0) is 70.4 Å². The number of methoxy groups -OCH3 is 1. The minimum absolute atomic E-state index is 0.0152. The number of esters is 1. The summed E-state index contributed by atoms with van der Waals surface area (Å²) in [6.45, 7) is 4.68. The van der Waals surface area contributed by atoms with E-state index in [-0.39, 0.29) is 42.7 Å². The molecule has 0 radical (unpaired) electrons. The van der Waals surface area contributed by atoms with E-state index < -0.39 is 17.3 Å². The lowest BCUT2D eigenvalue weighted by molar-refractivity contribution is -0.152. The van der Waals surface area contributed by atoms with E-state index in [4.69, 9.17) is 19.2 Å². The number of fused-ring (bicyclic) bond motifs is 3. The minimum Gasteiger partial charge on any atom is -0.496 e. The fraction of sp³-hybridized carbons (Fsp3) is 0.528. The Bertz CT molecular complexity index is 1640. The third-order valence-corrected chi connectivity index (χ3v) is 10.8. The number of pyridine rings is 1. The molecule has 9 nitrogen and oxygen atoms in total. The van der Waals surface area contributed by atoms with Crippen molar-refractivity contribution in [3.8, 4) is 22.2 Å². The molecule has 3 heterocycles. The maximum Gasteiger partial charge on any atom is 0.313 e.